The van der Waals surface area contributed by atoms with Gasteiger partial charge in [-0.2, -0.15) is 5.10 Å². The first-order chi connectivity index (χ1) is 10.4. The van der Waals surface area contributed by atoms with Crippen LogP contribution in [0, 0.1) is 17.0 Å². The molecule has 0 spiro atoms. The minimum absolute atomic E-state index is 0.174. The molecule has 0 aliphatic rings. The zero-order chi connectivity index (χ0) is 16.2. The minimum Gasteiger partial charge on any atom is -0.272 e. The molecular formula is C13H16N4O4S. The number of nitrogens with zero attached hydrogens (tertiary/aromatic N) is 3. The number of benzene rings is 1. The third kappa shape index (κ3) is 3.89. The average molecular weight is 324 g/mol. The second-order valence-corrected chi connectivity index (χ2v) is 6.43. The number of nitro benzene ring substituents is 1. The summed E-state index contributed by atoms with van der Waals surface area (Å²) in [5, 5.41) is 15.1. The third-order valence-corrected chi connectivity index (χ3v) is 4.49. The van der Waals surface area contributed by atoms with Crippen LogP contribution in [-0.4, -0.2) is 29.7 Å². The monoisotopic (exact) mass is 324 g/mol. The zero-order valence-electron chi connectivity index (χ0n) is 12.0. The quantitative estimate of drug-likeness (QED) is 0.471. The summed E-state index contributed by atoms with van der Waals surface area (Å²) in [6.45, 7) is 2.61. The number of hydrogen-bond acceptors (Lipinski definition) is 5. The Hall–Kier alpha value is -2.26. The standard InChI is InChI=1S/C13H16N4O4S/c1-11-7-10-16(15-11)9-4-8-14-22(20,21)13-6-3-2-5-12(13)17(18)19/h2-3,5-7,10,14H,4,8-9H2,1H3. The second-order valence-electron chi connectivity index (χ2n) is 4.70. The number of hydrogen-bond donors (Lipinski definition) is 1. The predicted octanol–water partition coefficient (Wildman–Crippen LogP) is 1.47. The summed E-state index contributed by atoms with van der Waals surface area (Å²) in [6, 6.07) is 7.13. The van der Waals surface area contributed by atoms with E-state index in [9.17, 15) is 18.5 Å². The Bertz CT molecular complexity index is 770. The highest BCUT2D eigenvalue weighted by Gasteiger charge is 2.24. The Morgan fingerprint density at radius 2 is 2.05 bits per heavy atom. The Kier molecular flexibility index (Phi) is 4.88. The van der Waals surface area contributed by atoms with E-state index in [0.717, 1.165) is 5.69 Å². The van der Waals surface area contributed by atoms with Gasteiger partial charge in [-0.05, 0) is 25.5 Å². The van der Waals surface area contributed by atoms with E-state index in [1.165, 1.54) is 24.3 Å². The maximum atomic E-state index is 12.1. The Morgan fingerprint density at radius 3 is 2.68 bits per heavy atom. The molecule has 0 aliphatic heterocycles. The van der Waals surface area contributed by atoms with Crippen molar-refractivity contribution < 1.29 is 13.3 Å². The largest absolute Gasteiger partial charge is 0.289 e. The maximum Gasteiger partial charge on any atom is 0.289 e. The van der Waals surface area contributed by atoms with Crippen molar-refractivity contribution in [1.29, 1.82) is 0 Å². The second kappa shape index (κ2) is 6.67. The van der Waals surface area contributed by atoms with Crippen LogP contribution in [0.25, 0.3) is 0 Å². The number of aromatic nitrogens is 2. The maximum absolute atomic E-state index is 12.1. The predicted molar refractivity (Wildman–Crippen MR) is 79.9 cm³/mol. The molecule has 0 amide bonds. The lowest BCUT2D eigenvalue weighted by Crippen LogP contribution is -2.26. The van der Waals surface area contributed by atoms with E-state index in [0.29, 0.717) is 13.0 Å². The number of sulfonamides is 1. The van der Waals surface area contributed by atoms with Crippen molar-refractivity contribution >= 4 is 15.7 Å². The summed E-state index contributed by atoms with van der Waals surface area (Å²) in [5.74, 6) is 0. The summed E-state index contributed by atoms with van der Waals surface area (Å²) in [6.07, 6.45) is 2.34. The normalized spacial score (nSPS) is 11.5. The van der Waals surface area contributed by atoms with Crippen LogP contribution >= 0.6 is 0 Å². The number of rotatable bonds is 7. The third-order valence-electron chi connectivity index (χ3n) is 2.98. The Morgan fingerprint density at radius 1 is 1.32 bits per heavy atom. The van der Waals surface area contributed by atoms with E-state index < -0.39 is 20.6 Å². The fourth-order valence-corrected chi connectivity index (χ4v) is 3.19. The molecule has 0 unspecified atom stereocenters. The van der Waals surface area contributed by atoms with E-state index in [2.05, 4.69) is 9.82 Å². The highest BCUT2D eigenvalue weighted by atomic mass is 32.2. The molecule has 118 valence electrons. The van der Waals surface area contributed by atoms with Gasteiger partial charge in [-0.3, -0.25) is 14.8 Å². The van der Waals surface area contributed by atoms with Crippen molar-refractivity contribution in [2.45, 2.75) is 24.8 Å². The molecule has 0 fully saturated rings. The topological polar surface area (TPSA) is 107 Å². The van der Waals surface area contributed by atoms with Gasteiger partial charge in [0.15, 0.2) is 4.90 Å². The molecule has 0 saturated carbocycles. The van der Waals surface area contributed by atoms with E-state index in [1.807, 2.05) is 19.2 Å². The van der Waals surface area contributed by atoms with Gasteiger partial charge in [-0.1, -0.05) is 12.1 Å². The lowest BCUT2D eigenvalue weighted by Gasteiger charge is -2.07. The summed E-state index contributed by atoms with van der Waals surface area (Å²) < 4.78 is 28.4. The molecule has 0 bridgehead atoms. The Balaban J connectivity index is 1.98. The van der Waals surface area contributed by atoms with Crippen LogP contribution in [0.5, 0.6) is 0 Å². The van der Waals surface area contributed by atoms with Gasteiger partial charge in [-0.15, -0.1) is 0 Å². The van der Waals surface area contributed by atoms with Gasteiger partial charge < -0.3 is 0 Å². The van der Waals surface area contributed by atoms with Crippen molar-refractivity contribution in [3.05, 3.63) is 52.3 Å². The molecule has 0 radical (unpaired) electrons. The molecule has 1 heterocycles. The molecular weight excluding hydrogens is 308 g/mol. The first-order valence-corrected chi connectivity index (χ1v) is 8.11. The summed E-state index contributed by atoms with van der Waals surface area (Å²) in [7, 11) is -3.91. The van der Waals surface area contributed by atoms with Crippen LogP contribution in [0.2, 0.25) is 0 Å². The molecule has 1 aromatic heterocycles. The molecule has 22 heavy (non-hydrogen) atoms. The smallest absolute Gasteiger partial charge is 0.272 e. The van der Waals surface area contributed by atoms with Gasteiger partial charge >= 0.3 is 0 Å². The molecule has 1 N–H and O–H groups in total. The number of aryl methyl sites for hydroxylation is 2. The van der Waals surface area contributed by atoms with Crippen LogP contribution in [-0.2, 0) is 16.6 Å². The van der Waals surface area contributed by atoms with Crippen LogP contribution in [0.3, 0.4) is 0 Å². The van der Waals surface area contributed by atoms with E-state index in [1.54, 1.807) is 4.68 Å². The van der Waals surface area contributed by atoms with Gasteiger partial charge in [-0.25, -0.2) is 13.1 Å². The molecule has 0 saturated heterocycles. The van der Waals surface area contributed by atoms with Gasteiger partial charge in [0.2, 0.25) is 10.0 Å². The van der Waals surface area contributed by atoms with E-state index in [-0.39, 0.29) is 11.4 Å². The van der Waals surface area contributed by atoms with Crippen LogP contribution < -0.4 is 4.72 Å². The fourth-order valence-electron chi connectivity index (χ4n) is 1.95. The average Bonchev–Trinajstić information content (AvgIpc) is 2.89. The lowest BCUT2D eigenvalue weighted by molar-refractivity contribution is -0.387. The zero-order valence-corrected chi connectivity index (χ0v) is 12.8. The van der Waals surface area contributed by atoms with E-state index in [4.69, 9.17) is 0 Å². The van der Waals surface area contributed by atoms with Gasteiger partial charge in [0, 0.05) is 25.4 Å². The van der Waals surface area contributed by atoms with E-state index >= 15 is 0 Å². The summed E-state index contributed by atoms with van der Waals surface area (Å²) in [5.41, 5.74) is 0.457. The molecule has 2 aromatic rings. The summed E-state index contributed by atoms with van der Waals surface area (Å²) in [4.78, 5) is 9.86. The van der Waals surface area contributed by atoms with Crippen molar-refractivity contribution in [1.82, 2.24) is 14.5 Å². The van der Waals surface area contributed by atoms with Crippen molar-refractivity contribution in [2.24, 2.45) is 0 Å². The first-order valence-electron chi connectivity index (χ1n) is 6.63. The van der Waals surface area contributed by atoms with Gasteiger partial charge in [0.25, 0.3) is 5.69 Å². The Labute approximate surface area is 128 Å². The molecule has 9 heteroatoms. The first kappa shape index (κ1) is 16.1. The van der Waals surface area contributed by atoms with Crippen LogP contribution in [0.4, 0.5) is 5.69 Å². The number of nitrogens with one attached hydrogen (secondary N) is 1. The van der Waals surface area contributed by atoms with Crippen molar-refractivity contribution in [2.75, 3.05) is 6.54 Å². The highest BCUT2D eigenvalue weighted by molar-refractivity contribution is 7.89. The summed E-state index contributed by atoms with van der Waals surface area (Å²) >= 11 is 0. The molecule has 8 nitrogen and oxygen atoms in total. The van der Waals surface area contributed by atoms with Gasteiger partial charge in [0.05, 0.1) is 10.6 Å². The fraction of sp³-hybridized carbons (Fsp3) is 0.308. The number of para-hydroxylation sites is 1. The molecule has 2 rings (SSSR count). The lowest BCUT2D eigenvalue weighted by atomic mass is 10.3. The SMILES string of the molecule is Cc1ccn(CCCNS(=O)(=O)c2ccccc2[N+](=O)[O-])n1. The minimum atomic E-state index is -3.91. The molecule has 0 aliphatic carbocycles. The van der Waals surface area contributed by atoms with Crippen molar-refractivity contribution in [3.63, 3.8) is 0 Å². The van der Waals surface area contributed by atoms with Crippen LogP contribution in [0.15, 0.2) is 41.4 Å². The molecule has 1 aromatic carbocycles. The number of nitro groups is 1. The highest BCUT2D eigenvalue weighted by Crippen LogP contribution is 2.22. The van der Waals surface area contributed by atoms with Crippen LogP contribution in [0.1, 0.15) is 12.1 Å². The van der Waals surface area contributed by atoms with Crippen molar-refractivity contribution in [3.8, 4) is 0 Å². The van der Waals surface area contributed by atoms with Gasteiger partial charge in [0.1, 0.15) is 0 Å². The molecule has 0 atom stereocenters.